The molecule has 0 radical (unpaired) electrons. The van der Waals surface area contributed by atoms with Crippen molar-refractivity contribution in [2.45, 2.75) is 30.7 Å². The van der Waals surface area contributed by atoms with Gasteiger partial charge in [-0.3, -0.25) is 4.79 Å². The number of carboxylic acid groups (broad SMARTS) is 1. The minimum atomic E-state index is -3.90. The normalized spacial score (nSPS) is 19.7. The molecule has 21 heavy (non-hydrogen) atoms. The summed E-state index contributed by atoms with van der Waals surface area (Å²) in [5.41, 5.74) is 0.465. The number of halogens is 1. The molecule has 1 unspecified atom stereocenters. The van der Waals surface area contributed by atoms with E-state index in [1.165, 1.54) is 19.2 Å². The summed E-state index contributed by atoms with van der Waals surface area (Å²) in [6.45, 7) is 1.82. The third-order valence-corrected chi connectivity index (χ3v) is 5.87. The number of aryl methyl sites for hydroxylation is 1. The number of methoxy groups -OCH3 is 1. The molecular weight excluding hydrogens is 318 g/mol. The zero-order valence-corrected chi connectivity index (χ0v) is 13.2. The molecule has 1 aromatic rings. The summed E-state index contributed by atoms with van der Waals surface area (Å²) >= 11 is 5.99. The van der Waals surface area contributed by atoms with Gasteiger partial charge in [0.05, 0.1) is 17.0 Å². The monoisotopic (exact) mass is 333 g/mol. The van der Waals surface area contributed by atoms with Gasteiger partial charge in [0.1, 0.15) is 11.8 Å². The average Bonchev–Trinajstić information content (AvgIpc) is 2.91. The molecule has 1 aromatic carbocycles. The van der Waals surface area contributed by atoms with Crippen LogP contribution in [-0.4, -0.2) is 43.5 Å². The van der Waals surface area contributed by atoms with Gasteiger partial charge in [-0.1, -0.05) is 11.6 Å². The van der Waals surface area contributed by atoms with Crippen LogP contribution in [0.25, 0.3) is 0 Å². The van der Waals surface area contributed by atoms with Crippen molar-refractivity contribution in [3.05, 3.63) is 22.7 Å². The molecule has 1 fully saturated rings. The van der Waals surface area contributed by atoms with Crippen LogP contribution in [0, 0.1) is 6.92 Å². The number of carboxylic acids is 1. The van der Waals surface area contributed by atoms with Crippen molar-refractivity contribution in [3.8, 4) is 5.75 Å². The number of ether oxygens (including phenoxy) is 1. The molecule has 116 valence electrons. The highest BCUT2D eigenvalue weighted by atomic mass is 35.5. The summed E-state index contributed by atoms with van der Waals surface area (Å²) in [6.07, 6.45) is 0.844. The van der Waals surface area contributed by atoms with E-state index < -0.39 is 22.0 Å². The van der Waals surface area contributed by atoms with Gasteiger partial charge in [0.25, 0.3) is 0 Å². The second-order valence-corrected chi connectivity index (χ2v) is 7.13. The maximum absolute atomic E-state index is 12.7. The number of aliphatic carboxylic acids is 1. The van der Waals surface area contributed by atoms with Gasteiger partial charge in [-0.05, 0) is 37.5 Å². The molecule has 1 atom stereocenters. The molecular formula is C13H16ClNO5S. The lowest BCUT2D eigenvalue weighted by atomic mass is 10.2. The Balaban J connectivity index is 2.49. The van der Waals surface area contributed by atoms with Gasteiger partial charge in [0.2, 0.25) is 10.0 Å². The molecule has 0 aliphatic carbocycles. The molecule has 0 aromatic heterocycles. The average molecular weight is 334 g/mol. The molecule has 2 rings (SSSR count). The van der Waals surface area contributed by atoms with Crippen LogP contribution in [-0.2, 0) is 14.8 Å². The Kier molecular flexibility index (Phi) is 4.46. The predicted molar refractivity (Wildman–Crippen MR) is 77.3 cm³/mol. The first-order valence-electron chi connectivity index (χ1n) is 6.38. The largest absolute Gasteiger partial charge is 0.495 e. The fraction of sp³-hybridized carbons (Fsp3) is 0.462. The van der Waals surface area contributed by atoms with Crippen molar-refractivity contribution in [1.82, 2.24) is 4.31 Å². The molecule has 1 aliphatic rings. The summed E-state index contributed by atoms with van der Waals surface area (Å²) in [7, 11) is -2.46. The van der Waals surface area contributed by atoms with E-state index in [0.717, 1.165) is 4.31 Å². The standard InChI is InChI=1S/C13H16ClNO5S/c1-8-6-11(20-2)9(14)7-12(8)21(18,19)15-5-3-4-10(15)13(16)17/h6-7,10H,3-5H2,1-2H3,(H,16,17). The van der Waals surface area contributed by atoms with Gasteiger partial charge in [0, 0.05) is 6.54 Å². The van der Waals surface area contributed by atoms with E-state index in [1.807, 2.05) is 0 Å². The van der Waals surface area contributed by atoms with Crippen molar-refractivity contribution in [2.24, 2.45) is 0 Å². The number of rotatable bonds is 4. The van der Waals surface area contributed by atoms with Gasteiger partial charge >= 0.3 is 5.97 Å². The van der Waals surface area contributed by atoms with Crippen LogP contribution in [0.3, 0.4) is 0 Å². The number of carbonyl (C=O) groups is 1. The summed E-state index contributed by atoms with van der Waals surface area (Å²) in [5.74, 6) is -0.752. The molecule has 8 heteroatoms. The lowest BCUT2D eigenvalue weighted by molar-refractivity contribution is -0.140. The maximum atomic E-state index is 12.7. The van der Waals surface area contributed by atoms with Crippen LogP contribution in [0.15, 0.2) is 17.0 Å². The van der Waals surface area contributed by atoms with Crippen LogP contribution in [0.5, 0.6) is 5.75 Å². The maximum Gasteiger partial charge on any atom is 0.322 e. The smallest absolute Gasteiger partial charge is 0.322 e. The van der Waals surface area contributed by atoms with Crippen molar-refractivity contribution in [1.29, 1.82) is 0 Å². The van der Waals surface area contributed by atoms with E-state index in [2.05, 4.69) is 0 Å². The van der Waals surface area contributed by atoms with Crippen LogP contribution in [0.4, 0.5) is 0 Å². The van der Waals surface area contributed by atoms with Gasteiger partial charge < -0.3 is 9.84 Å². The van der Waals surface area contributed by atoms with Gasteiger partial charge in [0.15, 0.2) is 0 Å². The van der Waals surface area contributed by atoms with E-state index in [-0.39, 0.29) is 16.5 Å². The molecule has 0 spiro atoms. The highest BCUT2D eigenvalue weighted by Gasteiger charge is 2.40. The first kappa shape index (κ1) is 16.1. The molecule has 1 heterocycles. The molecule has 6 nitrogen and oxygen atoms in total. The Hall–Kier alpha value is -1.31. The number of hydrogen-bond donors (Lipinski definition) is 1. The Morgan fingerprint density at radius 1 is 1.48 bits per heavy atom. The summed E-state index contributed by atoms with van der Waals surface area (Å²) in [6, 6.07) is 1.82. The van der Waals surface area contributed by atoms with Crippen LogP contribution in [0.1, 0.15) is 18.4 Å². The number of nitrogens with zero attached hydrogens (tertiary/aromatic N) is 1. The minimum absolute atomic E-state index is 0.0152. The third-order valence-electron chi connectivity index (χ3n) is 3.52. The second kappa shape index (κ2) is 5.82. The van der Waals surface area contributed by atoms with Gasteiger partial charge in [-0.25, -0.2) is 8.42 Å². The number of benzene rings is 1. The Morgan fingerprint density at radius 2 is 2.14 bits per heavy atom. The summed E-state index contributed by atoms with van der Waals surface area (Å²) < 4.78 is 31.4. The van der Waals surface area contributed by atoms with E-state index in [1.54, 1.807) is 6.92 Å². The quantitative estimate of drug-likeness (QED) is 0.909. The molecule has 0 saturated carbocycles. The highest BCUT2D eigenvalue weighted by molar-refractivity contribution is 7.89. The summed E-state index contributed by atoms with van der Waals surface area (Å²) in [4.78, 5) is 11.2. The van der Waals surface area contributed by atoms with E-state index in [9.17, 15) is 13.2 Å². The van der Waals surface area contributed by atoms with E-state index in [4.69, 9.17) is 21.4 Å². The number of sulfonamides is 1. The Bertz CT molecular complexity index is 673. The van der Waals surface area contributed by atoms with Crippen molar-refractivity contribution < 1.29 is 23.1 Å². The van der Waals surface area contributed by atoms with Crippen molar-refractivity contribution in [2.75, 3.05) is 13.7 Å². The van der Waals surface area contributed by atoms with Crippen molar-refractivity contribution >= 4 is 27.6 Å². The fourth-order valence-electron chi connectivity index (χ4n) is 2.47. The lowest BCUT2D eigenvalue weighted by Gasteiger charge is -2.22. The first-order valence-corrected chi connectivity index (χ1v) is 8.19. The molecule has 0 amide bonds. The summed E-state index contributed by atoms with van der Waals surface area (Å²) in [5, 5.41) is 9.32. The van der Waals surface area contributed by atoms with Crippen LogP contribution < -0.4 is 4.74 Å². The SMILES string of the molecule is COc1cc(C)c(S(=O)(=O)N2CCCC2C(=O)O)cc1Cl. The second-order valence-electron chi connectivity index (χ2n) is 4.86. The third kappa shape index (κ3) is 2.86. The van der Waals surface area contributed by atoms with Gasteiger partial charge in [-0.2, -0.15) is 4.31 Å². The zero-order valence-electron chi connectivity index (χ0n) is 11.7. The zero-order chi connectivity index (χ0) is 15.8. The fourth-order valence-corrected chi connectivity index (χ4v) is 4.66. The lowest BCUT2D eigenvalue weighted by Crippen LogP contribution is -2.40. The van der Waals surface area contributed by atoms with Crippen LogP contribution >= 0.6 is 11.6 Å². The van der Waals surface area contributed by atoms with E-state index >= 15 is 0 Å². The van der Waals surface area contributed by atoms with Crippen LogP contribution in [0.2, 0.25) is 5.02 Å². The molecule has 1 aliphatic heterocycles. The van der Waals surface area contributed by atoms with E-state index in [0.29, 0.717) is 24.2 Å². The van der Waals surface area contributed by atoms with Gasteiger partial charge in [-0.15, -0.1) is 0 Å². The molecule has 1 saturated heterocycles. The predicted octanol–water partition coefficient (Wildman–Crippen LogP) is 1.89. The minimum Gasteiger partial charge on any atom is -0.495 e. The molecule has 0 bridgehead atoms. The Labute approximate surface area is 128 Å². The number of hydrogen-bond acceptors (Lipinski definition) is 4. The Morgan fingerprint density at radius 3 is 2.71 bits per heavy atom. The first-order chi connectivity index (χ1) is 9.78. The highest BCUT2D eigenvalue weighted by Crippen LogP contribution is 2.34. The van der Waals surface area contributed by atoms with Crippen molar-refractivity contribution in [3.63, 3.8) is 0 Å². The molecule has 1 N–H and O–H groups in total. The topological polar surface area (TPSA) is 83.9 Å².